The summed E-state index contributed by atoms with van der Waals surface area (Å²) in [4.78, 5) is 12.3. The van der Waals surface area contributed by atoms with Gasteiger partial charge in [-0.2, -0.15) is 0 Å². The number of allylic oxidation sites excluding steroid dienone is 3. The van der Waals surface area contributed by atoms with Crippen LogP contribution in [0, 0.1) is 34.5 Å². The molecule has 44 heavy (non-hydrogen) atoms. The SMILES string of the molecule is C/C=C1/CCC2C3CCc4cc(O)ccc4C3CC[C@]12C.C=CC.C[C@]12CCC3c4ccc(O)cc4CCC3C1CCC2=O. The maximum Gasteiger partial charge on any atom is 0.139 e. The topological polar surface area (TPSA) is 57.5 Å². The molecule has 0 heterocycles. The van der Waals surface area contributed by atoms with Crippen molar-refractivity contribution in [1.82, 2.24) is 0 Å². The number of carbonyl (C=O) groups excluding carboxylic acids is 1. The van der Waals surface area contributed by atoms with Crippen LogP contribution in [0.15, 0.2) is 60.7 Å². The Balaban J connectivity index is 0.000000144. The average molecular weight is 595 g/mol. The highest BCUT2D eigenvalue weighted by atomic mass is 16.3. The fourth-order valence-corrected chi connectivity index (χ4v) is 11.2. The standard InChI is InChI=1S/C20H26O.C18H22O2.C3H6/c1-3-14-5-9-19-18-7-4-13-12-15(21)6-8-16(13)17(18)10-11-20(14,19)2;1-18-9-8-14-13-5-3-12(19)10-11(13)2-4-15(14)16(18)6-7-17(18)20;1-3-2/h3,6,8,12,17-19,21H,4-5,7,9-11H2,1-2H3;3,5,10,14-16,19H,2,4,6-9H2,1H3;3H,1H2,2H3/b14-3-;;/t17?,18?,19?,20-;14?,15?,16?,18-;/m10./s1. The van der Waals surface area contributed by atoms with Gasteiger partial charge in [0.2, 0.25) is 0 Å². The first-order valence-electron chi connectivity index (χ1n) is 17.5. The van der Waals surface area contributed by atoms with Crippen molar-refractivity contribution >= 4 is 5.78 Å². The van der Waals surface area contributed by atoms with E-state index >= 15 is 0 Å². The average Bonchev–Trinajstić information content (AvgIpc) is 3.52. The Bertz CT molecular complexity index is 1440. The Morgan fingerprint density at radius 3 is 1.70 bits per heavy atom. The third kappa shape index (κ3) is 5.17. The molecule has 0 spiro atoms. The van der Waals surface area contributed by atoms with Crippen LogP contribution >= 0.6 is 0 Å². The molecule has 4 fully saturated rings. The van der Waals surface area contributed by atoms with Crippen molar-refractivity contribution in [3.8, 4) is 11.5 Å². The fourth-order valence-electron chi connectivity index (χ4n) is 11.2. The van der Waals surface area contributed by atoms with Gasteiger partial charge in [-0.15, -0.1) is 6.58 Å². The van der Waals surface area contributed by atoms with Gasteiger partial charge in [-0.05, 0) is 172 Å². The van der Waals surface area contributed by atoms with Crippen molar-refractivity contribution in [1.29, 1.82) is 0 Å². The smallest absolute Gasteiger partial charge is 0.139 e. The first-order valence-corrected chi connectivity index (χ1v) is 17.5. The molecule has 0 radical (unpaired) electrons. The molecule has 2 aromatic carbocycles. The molecule has 0 aliphatic heterocycles. The Morgan fingerprint density at radius 2 is 1.18 bits per heavy atom. The van der Waals surface area contributed by atoms with Crippen molar-refractivity contribution < 1.29 is 15.0 Å². The number of ketones is 1. The lowest BCUT2D eigenvalue weighted by molar-refractivity contribution is -0.129. The minimum atomic E-state index is -0.0322. The summed E-state index contributed by atoms with van der Waals surface area (Å²) in [6, 6.07) is 12.0. The summed E-state index contributed by atoms with van der Waals surface area (Å²) in [6.45, 7) is 12.2. The molecule has 0 aromatic heterocycles. The molecular weight excluding hydrogens is 540 g/mol. The summed E-state index contributed by atoms with van der Waals surface area (Å²) in [6.07, 6.45) is 18.4. The van der Waals surface area contributed by atoms with Gasteiger partial charge in [0.25, 0.3) is 0 Å². The maximum atomic E-state index is 12.3. The van der Waals surface area contributed by atoms with Crippen LogP contribution in [0.5, 0.6) is 11.5 Å². The molecule has 8 rings (SSSR count). The molecule has 0 amide bonds. The van der Waals surface area contributed by atoms with Crippen molar-refractivity contribution in [3.05, 3.63) is 83.0 Å². The summed E-state index contributed by atoms with van der Waals surface area (Å²) < 4.78 is 0. The Labute approximate surface area is 265 Å². The van der Waals surface area contributed by atoms with Gasteiger partial charge in [0.1, 0.15) is 17.3 Å². The van der Waals surface area contributed by atoms with Crippen LogP contribution in [0.4, 0.5) is 0 Å². The number of hydrogen-bond acceptors (Lipinski definition) is 3. The van der Waals surface area contributed by atoms with Gasteiger partial charge in [-0.3, -0.25) is 4.79 Å². The van der Waals surface area contributed by atoms with Gasteiger partial charge in [0.15, 0.2) is 0 Å². The monoisotopic (exact) mass is 594 g/mol. The minimum Gasteiger partial charge on any atom is -0.508 e. The number of hydrogen-bond donors (Lipinski definition) is 2. The van der Waals surface area contributed by atoms with E-state index < -0.39 is 0 Å². The van der Waals surface area contributed by atoms with E-state index in [0.717, 1.165) is 56.3 Å². The molecule has 2 aromatic rings. The highest BCUT2D eigenvalue weighted by Crippen LogP contribution is 2.63. The quantitative estimate of drug-likeness (QED) is 0.298. The molecule has 2 N–H and O–H groups in total. The number of rotatable bonds is 0. The number of benzene rings is 2. The molecule has 3 nitrogen and oxygen atoms in total. The van der Waals surface area contributed by atoms with Crippen LogP contribution in [0.3, 0.4) is 0 Å². The summed E-state index contributed by atoms with van der Waals surface area (Å²) in [5, 5.41) is 19.4. The van der Waals surface area contributed by atoms with Crippen molar-refractivity contribution in [2.45, 2.75) is 117 Å². The van der Waals surface area contributed by atoms with Gasteiger partial charge in [-0.1, -0.05) is 43.7 Å². The molecule has 0 bridgehead atoms. The van der Waals surface area contributed by atoms with Crippen LogP contribution < -0.4 is 0 Å². The third-order valence-corrected chi connectivity index (χ3v) is 13.3. The van der Waals surface area contributed by atoms with Gasteiger partial charge in [0.05, 0.1) is 0 Å². The summed E-state index contributed by atoms with van der Waals surface area (Å²) in [5.41, 5.74) is 7.89. The van der Waals surface area contributed by atoms with E-state index in [0.29, 0.717) is 40.5 Å². The number of aryl methyl sites for hydroxylation is 2. The lowest BCUT2D eigenvalue weighted by Gasteiger charge is -2.49. The lowest BCUT2D eigenvalue weighted by atomic mass is 9.55. The molecule has 236 valence electrons. The molecule has 0 saturated heterocycles. The van der Waals surface area contributed by atoms with E-state index in [1.54, 1.807) is 17.2 Å². The summed E-state index contributed by atoms with van der Waals surface area (Å²) >= 11 is 0. The zero-order valence-corrected chi connectivity index (χ0v) is 27.6. The minimum absolute atomic E-state index is 0.0322. The first-order chi connectivity index (χ1) is 21.1. The number of phenols is 2. The maximum absolute atomic E-state index is 12.3. The number of carbonyl (C=O) groups is 1. The molecule has 6 aliphatic rings. The third-order valence-electron chi connectivity index (χ3n) is 13.3. The van der Waals surface area contributed by atoms with Crippen LogP contribution in [0.25, 0.3) is 0 Å². The van der Waals surface area contributed by atoms with E-state index in [1.807, 2.05) is 31.2 Å². The Morgan fingerprint density at radius 1 is 0.705 bits per heavy atom. The number of Topliss-reactive ketones (excluding diaryl/α,β-unsaturated/α-hetero) is 1. The Kier molecular flexibility index (Phi) is 8.63. The lowest BCUT2D eigenvalue weighted by Crippen LogP contribution is -2.42. The molecular formula is C41H54O3. The Hall–Kier alpha value is -2.81. The number of aromatic hydroxyl groups is 2. The van der Waals surface area contributed by atoms with Crippen molar-refractivity contribution in [2.24, 2.45) is 34.5 Å². The van der Waals surface area contributed by atoms with Crippen LogP contribution in [-0.4, -0.2) is 16.0 Å². The predicted octanol–water partition coefficient (Wildman–Crippen LogP) is 10.2. The largest absolute Gasteiger partial charge is 0.508 e. The highest BCUT2D eigenvalue weighted by molar-refractivity contribution is 5.87. The normalized spacial score (nSPS) is 37.0. The van der Waals surface area contributed by atoms with Gasteiger partial charge < -0.3 is 10.2 Å². The second-order valence-electron chi connectivity index (χ2n) is 15.2. The van der Waals surface area contributed by atoms with Crippen molar-refractivity contribution in [2.75, 3.05) is 0 Å². The number of phenolic OH excluding ortho intramolecular Hbond substituents is 2. The molecule has 3 heteroatoms. The van der Waals surface area contributed by atoms with E-state index in [9.17, 15) is 15.0 Å². The van der Waals surface area contributed by atoms with Crippen LogP contribution in [0.1, 0.15) is 126 Å². The highest BCUT2D eigenvalue weighted by Gasteiger charge is 2.55. The second-order valence-corrected chi connectivity index (χ2v) is 15.2. The zero-order valence-electron chi connectivity index (χ0n) is 27.6. The summed E-state index contributed by atoms with van der Waals surface area (Å²) in [7, 11) is 0. The van der Waals surface area contributed by atoms with E-state index in [2.05, 4.69) is 45.6 Å². The first kappa shape index (κ1) is 31.2. The molecule has 6 unspecified atom stereocenters. The van der Waals surface area contributed by atoms with Crippen molar-refractivity contribution in [3.63, 3.8) is 0 Å². The molecule has 4 saturated carbocycles. The van der Waals surface area contributed by atoms with E-state index in [-0.39, 0.29) is 5.41 Å². The van der Waals surface area contributed by atoms with Gasteiger partial charge in [0, 0.05) is 11.8 Å². The number of fused-ring (bicyclic) bond motifs is 10. The van der Waals surface area contributed by atoms with Crippen LogP contribution in [0.2, 0.25) is 0 Å². The second kappa shape index (κ2) is 12.2. The molecule has 8 atom stereocenters. The van der Waals surface area contributed by atoms with E-state index in [4.69, 9.17) is 0 Å². The molecule has 6 aliphatic carbocycles. The van der Waals surface area contributed by atoms with Gasteiger partial charge >= 0.3 is 0 Å². The predicted molar refractivity (Wildman–Crippen MR) is 180 cm³/mol. The van der Waals surface area contributed by atoms with Gasteiger partial charge in [-0.25, -0.2) is 0 Å². The fraction of sp³-hybridized carbons (Fsp3) is 0.585. The zero-order chi connectivity index (χ0) is 31.2. The van der Waals surface area contributed by atoms with E-state index in [1.165, 1.54) is 55.2 Å². The van der Waals surface area contributed by atoms with Crippen LogP contribution in [-0.2, 0) is 17.6 Å². The summed E-state index contributed by atoms with van der Waals surface area (Å²) in [5.74, 6) is 5.70.